The van der Waals surface area contributed by atoms with E-state index in [9.17, 15) is 9.59 Å². The summed E-state index contributed by atoms with van der Waals surface area (Å²) in [6.45, 7) is 0. The standard InChI is InChI=1S/C17H14ClNO4/c1-23-15-8-7-12(18)10-11(15)6-9-16(20)19-14-5-3-2-4-13(14)17(21)22/h2-10H,1H3,(H,19,20)(H,21,22)/b9-6+. The lowest BCUT2D eigenvalue weighted by Crippen LogP contribution is -2.11. The van der Waals surface area contributed by atoms with Crippen LogP contribution in [0.3, 0.4) is 0 Å². The second kappa shape index (κ2) is 7.47. The highest BCUT2D eigenvalue weighted by molar-refractivity contribution is 6.30. The number of methoxy groups -OCH3 is 1. The van der Waals surface area contributed by atoms with Crippen LogP contribution < -0.4 is 10.1 Å². The molecule has 0 saturated heterocycles. The van der Waals surface area contributed by atoms with Crippen LogP contribution >= 0.6 is 11.6 Å². The van der Waals surface area contributed by atoms with Crippen molar-refractivity contribution in [3.05, 3.63) is 64.7 Å². The summed E-state index contributed by atoms with van der Waals surface area (Å²) in [5.41, 5.74) is 0.893. The Bertz CT molecular complexity index is 771. The van der Waals surface area contributed by atoms with E-state index in [1.807, 2.05) is 0 Å². The molecular formula is C17H14ClNO4. The topological polar surface area (TPSA) is 75.6 Å². The van der Waals surface area contributed by atoms with Gasteiger partial charge in [0.05, 0.1) is 18.4 Å². The predicted octanol–water partition coefficient (Wildman–Crippen LogP) is 3.70. The fourth-order valence-corrected chi connectivity index (χ4v) is 2.13. The van der Waals surface area contributed by atoms with Gasteiger partial charge in [-0.05, 0) is 36.4 Å². The average molecular weight is 332 g/mol. The van der Waals surface area contributed by atoms with Crippen LogP contribution in [0.5, 0.6) is 5.75 Å². The van der Waals surface area contributed by atoms with Crippen LogP contribution in [-0.2, 0) is 4.79 Å². The normalized spacial score (nSPS) is 10.5. The van der Waals surface area contributed by atoms with Gasteiger partial charge >= 0.3 is 5.97 Å². The molecule has 0 radical (unpaired) electrons. The van der Waals surface area contributed by atoms with Gasteiger partial charge in [-0.25, -0.2) is 4.79 Å². The van der Waals surface area contributed by atoms with Crippen LogP contribution in [0.25, 0.3) is 6.08 Å². The minimum atomic E-state index is -1.11. The SMILES string of the molecule is COc1ccc(Cl)cc1/C=C/C(=O)Nc1ccccc1C(=O)O. The van der Waals surface area contributed by atoms with E-state index in [2.05, 4.69) is 5.32 Å². The first kappa shape index (κ1) is 16.6. The van der Waals surface area contributed by atoms with Crippen molar-refractivity contribution in [1.29, 1.82) is 0 Å². The average Bonchev–Trinajstić information content (AvgIpc) is 2.53. The number of aromatic carboxylic acids is 1. The van der Waals surface area contributed by atoms with Crippen molar-refractivity contribution in [3.63, 3.8) is 0 Å². The molecule has 0 aliphatic carbocycles. The van der Waals surface area contributed by atoms with Crippen LogP contribution in [0.15, 0.2) is 48.5 Å². The van der Waals surface area contributed by atoms with Gasteiger partial charge in [0, 0.05) is 16.7 Å². The van der Waals surface area contributed by atoms with Crippen LogP contribution in [-0.4, -0.2) is 24.1 Å². The highest BCUT2D eigenvalue weighted by atomic mass is 35.5. The first-order chi connectivity index (χ1) is 11.0. The van der Waals surface area contributed by atoms with Crippen molar-refractivity contribution in [3.8, 4) is 5.75 Å². The van der Waals surface area contributed by atoms with Crippen molar-refractivity contribution in [2.24, 2.45) is 0 Å². The summed E-state index contributed by atoms with van der Waals surface area (Å²) in [4.78, 5) is 23.1. The van der Waals surface area contributed by atoms with E-state index in [0.29, 0.717) is 16.3 Å². The number of halogens is 1. The molecule has 118 valence electrons. The summed E-state index contributed by atoms with van der Waals surface area (Å²) in [5.74, 6) is -0.994. The third-order valence-electron chi connectivity index (χ3n) is 3.02. The molecule has 23 heavy (non-hydrogen) atoms. The maximum atomic E-state index is 12.0. The molecule has 5 nitrogen and oxygen atoms in total. The van der Waals surface area contributed by atoms with Crippen LogP contribution in [0.2, 0.25) is 5.02 Å². The Labute approximate surface area is 138 Å². The van der Waals surface area contributed by atoms with Gasteiger partial charge in [0.15, 0.2) is 0 Å². The first-order valence-corrected chi connectivity index (χ1v) is 7.04. The van der Waals surface area contributed by atoms with E-state index in [1.165, 1.54) is 25.3 Å². The Morgan fingerprint density at radius 2 is 1.96 bits per heavy atom. The lowest BCUT2D eigenvalue weighted by Gasteiger charge is -2.07. The zero-order valence-electron chi connectivity index (χ0n) is 12.2. The predicted molar refractivity (Wildman–Crippen MR) is 89.1 cm³/mol. The van der Waals surface area contributed by atoms with Gasteiger partial charge in [0.2, 0.25) is 5.91 Å². The highest BCUT2D eigenvalue weighted by Crippen LogP contribution is 2.24. The maximum absolute atomic E-state index is 12.0. The van der Waals surface area contributed by atoms with E-state index < -0.39 is 11.9 Å². The van der Waals surface area contributed by atoms with Crippen LogP contribution in [0, 0.1) is 0 Å². The number of rotatable bonds is 5. The summed E-state index contributed by atoms with van der Waals surface area (Å²) in [6.07, 6.45) is 2.83. The first-order valence-electron chi connectivity index (χ1n) is 6.66. The molecule has 0 bridgehead atoms. The molecule has 0 aromatic heterocycles. The Hall–Kier alpha value is -2.79. The number of nitrogens with one attached hydrogen (secondary N) is 1. The molecule has 2 N–H and O–H groups in total. The van der Waals surface area contributed by atoms with E-state index in [-0.39, 0.29) is 11.3 Å². The summed E-state index contributed by atoms with van der Waals surface area (Å²) >= 11 is 5.92. The number of hydrogen-bond acceptors (Lipinski definition) is 3. The highest BCUT2D eigenvalue weighted by Gasteiger charge is 2.10. The number of anilines is 1. The minimum Gasteiger partial charge on any atom is -0.496 e. The number of carbonyl (C=O) groups excluding carboxylic acids is 1. The number of para-hydroxylation sites is 1. The number of carbonyl (C=O) groups is 2. The number of carboxylic acid groups (broad SMARTS) is 1. The van der Waals surface area contributed by atoms with Crippen LogP contribution in [0.1, 0.15) is 15.9 Å². The molecule has 0 unspecified atom stereocenters. The Morgan fingerprint density at radius 1 is 1.22 bits per heavy atom. The Balaban J connectivity index is 2.17. The van der Waals surface area contributed by atoms with E-state index in [0.717, 1.165) is 0 Å². The molecule has 0 atom stereocenters. The van der Waals surface area contributed by atoms with Gasteiger partial charge in [0.25, 0.3) is 0 Å². The van der Waals surface area contributed by atoms with E-state index in [1.54, 1.807) is 36.4 Å². The summed E-state index contributed by atoms with van der Waals surface area (Å²) in [7, 11) is 1.52. The number of ether oxygens (including phenoxy) is 1. The number of hydrogen-bond donors (Lipinski definition) is 2. The van der Waals surface area contributed by atoms with E-state index in [4.69, 9.17) is 21.4 Å². The third-order valence-corrected chi connectivity index (χ3v) is 3.26. The molecule has 0 aliphatic heterocycles. The molecule has 0 fully saturated rings. The lowest BCUT2D eigenvalue weighted by atomic mass is 10.1. The van der Waals surface area contributed by atoms with Gasteiger partial charge in [-0.15, -0.1) is 0 Å². The molecular weight excluding hydrogens is 318 g/mol. The van der Waals surface area contributed by atoms with Crippen molar-refractivity contribution in [2.75, 3.05) is 12.4 Å². The molecule has 2 aromatic carbocycles. The largest absolute Gasteiger partial charge is 0.496 e. The molecule has 0 spiro atoms. The van der Waals surface area contributed by atoms with Gasteiger partial charge in [-0.1, -0.05) is 23.7 Å². The number of amides is 1. The summed E-state index contributed by atoms with van der Waals surface area (Å²) in [5, 5.41) is 12.1. The molecule has 2 rings (SSSR count). The number of carboxylic acids is 1. The smallest absolute Gasteiger partial charge is 0.337 e. The molecule has 2 aromatic rings. The quantitative estimate of drug-likeness (QED) is 0.819. The van der Waals surface area contributed by atoms with Crippen molar-refractivity contribution >= 4 is 35.2 Å². The molecule has 0 heterocycles. The van der Waals surface area contributed by atoms with Crippen molar-refractivity contribution in [1.82, 2.24) is 0 Å². The monoisotopic (exact) mass is 331 g/mol. The fourth-order valence-electron chi connectivity index (χ4n) is 1.95. The molecule has 1 amide bonds. The molecule has 0 aliphatic rings. The maximum Gasteiger partial charge on any atom is 0.337 e. The van der Waals surface area contributed by atoms with Gasteiger partial charge < -0.3 is 15.2 Å². The van der Waals surface area contributed by atoms with Gasteiger partial charge in [-0.2, -0.15) is 0 Å². The second-order valence-corrected chi connectivity index (χ2v) is 5.00. The number of benzene rings is 2. The minimum absolute atomic E-state index is 0.0228. The fraction of sp³-hybridized carbons (Fsp3) is 0.0588. The zero-order valence-corrected chi connectivity index (χ0v) is 13.0. The summed E-state index contributed by atoms with van der Waals surface area (Å²) < 4.78 is 5.18. The second-order valence-electron chi connectivity index (χ2n) is 4.56. The molecule has 6 heteroatoms. The lowest BCUT2D eigenvalue weighted by molar-refractivity contribution is -0.111. The van der Waals surface area contributed by atoms with Crippen molar-refractivity contribution < 1.29 is 19.4 Å². The third kappa shape index (κ3) is 4.34. The van der Waals surface area contributed by atoms with Crippen molar-refractivity contribution in [2.45, 2.75) is 0 Å². The van der Waals surface area contributed by atoms with E-state index >= 15 is 0 Å². The zero-order chi connectivity index (χ0) is 16.8. The Kier molecular flexibility index (Phi) is 5.38. The van der Waals surface area contributed by atoms with Gasteiger partial charge in [-0.3, -0.25) is 4.79 Å². The van der Waals surface area contributed by atoms with Gasteiger partial charge in [0.1, 0.15) is 5.75 Å². The Morgan fingerprint density at radius 3 is 2.65 bits per heavy atom. The molecule has 0 saturated carbocycles. The summed E-state index contributed by atoms with van der Waals surface area (Å²) in [6, 6.07) is 11.2. The van der Waals surface area contributed by atoms with Crippen LogP contribution in [0.4, 0.5) is 5.69 Å².